The number of carbonyl (C=O) groups excluding carboxylic acids is 1. The molecule has 0 unspecified atom stereocenters. The Morgan fingerprint density at radius 3 is 1.76 bits per heavy atom. The number of nitrogens with zero attached hydrogens (tertiary/aromatic N) is 1. The van der Waals surface area contributed by atoms with Crippen LogP contribution in [0, 0.1) is 0 Å². The second-order valence-corrected chi connectivity index (χ2v) is 7.01. The van der Waals surface area contributed by atoms with Gasteiger partial charge in [-0.2, -0.15) is 4.65 Å². The number of carbonyl (C=O) groups is 1. The molecule has 4 nitrogen and oxygen atoms in total. The number of piperidine rings is 1. The molecule has 3 N–H and O–H groups in total. The number of hydroxylamine groups is 3. The number of likely N-dealkylation sites (tertiary alicyclic amines) is 1. The van der Waals surface area contributed by atoms with Gasteiger partial charge in [0.1, 0.15) is 11.1 Å². The fourth-order valence-corrected chi connectivity index (χ4v) is 4.10. The van der Waals surface area contributed by atoms with Crippen LogP contribution in [0.25, 0.3) is 0 Å². The van der Waals surface area contributed by atoms with Gasteiger partial charge in [0.2, 0.25) is 5.54 Å². The van der Waals surface area contributed by atoms with Crippen LogP contribution < -0.4 is 5.73 Å². The van der Waals surface area contributed by atoms with E-state index in [9.17, 15) is 10.0 Å². The Bertz CT molecular complexity index is 340. The molecule has 98 valence electrons. The molecule has 1 heterocycles. The Hall–Kier alpha value is -0.610. The van der Waals surface area contributed by atoms with E-state index in [0.717, 1.165) is 19.3 Å². The highest BCUT2D eigenvalue weighted by Gasteiger charge is 2.76. The van der Waals surface area contributed by atoms with Crippen LogP contribution in [0.3, 0.4) is 0 Å². The summed E-state index contributed by atoms with van der Waals surface area (Å²) in [4.78, 5) is 11.8. The summed E-state index contributed by atoms with van der Waals surface area (Å²) in [6.45, 7) is 8.21. The molecule has 1 saturated carbocycles. The van der Waals surface area contributed by atoms with Crippen LogP contribution in [0.5, 0.6) is 0 Å². The van der Waals surface area contributed by atoms with Gasteiger partial charge < -0.3 is 5.73 Å². The average molecular weight is 241 g/mol. The Morgan fingerprint density at radius 2 is 1.47 bits per heavy atom. The van der Waals surface area contributed by atoms with Gasteiger partial charge in [0.25, 0.3) is 5.91 Å². The third-order valence-electron chi connectivity index (χ3n) is 5.13. The van der Waals surface area contributed by atoms with Crippen LogP contribution in [0.4, 0.5) is 0 Å². The average Bonchev–Trinajstić information content (AvgIpc) is 2.93. The first kappa shape index (κ1) is 12.8. The fraction of sp³-hybridized carbons (Fsp3) is 0.923. The standard InChI is InChI=1S/C13H24N2O2/c1-11(2)6-5-7-12(3,4)15(11,17)13(8-9-13)10(14)16/h17H,5-9H2,1-4H3,(H-,14,16)/p+1. The Balaban J connectivity index is 2.54. The summed E-state index contributed by atoms with van der Waals surface area (Å²) in [6, 6.07) is 0. The molecule has 1 aliphatic carbocycles. The van der Waals surface area contributed by atoms with Gasteiger partial charge in [-0.1, -0.05) is 0 Å². The van der Waals surface area contributed by atoms with Gasteiger partial charge >= 0.3 is 0 Å². The minimum atomic E-state index is -0.743. The minimum absolute atomic E-state index is 0.178. The maximum absolute atomic E-state index is 11.8. The lowest BCUT2D eigenvalue weighted by Crippen LogP contribution is -2.78. The first-order valence-electron chi connectivity index (χ1n) is 6.53. The summed E-state index contributed by atoms with van der Waals surface area (Å²) in [5.41, 5.74) is 4.21. The molecule has 1 aliphatic heterocycles. The lowest BCUT2D eigenvalue weighted by Gasteiger charge is -2.59. The van der Waals surface area contributed by atoms with Gasteiger partial charge in [0, 0.05) is 25.7 Å². The molecule has 0 bridgehead atoms. The third kappa shape index (κ3) is 1.34. The highest BCUT2D eigenvalue weighted by Crippen LogP contribution is 2.58. The lowest BCUT2D eigenvalue weighted by atomic mass is 9.76. The summed E-state index contributed by atoms with van der Waals surface area (Å²) in [6.07, 6.45) is 4.39. The van der Waals surface area contributed by atoms with Gasteiger partial charge in [-0.25, -0.2) is 5.21 Å². The summed E-state index contributed by atoms with van der Waals surface area (Å²) >= 11 is 0. The zero-order valence-electron chi connectivity index (χ0n) is 11.4. The summed E-state index contributed by atoms with van der Waals surface area (Å²) in [7, 11) is 0. The molecular weight excluding hydrogens is 216 g/mol. The number of rotatable bonds is 2. The van der Waals surface area contributed by atoms with E-state index in [4.69, 9.17) is 5.73 Å². The van der Waals surface area contributed by atoms with Crippen LogP contribution in [-0.4, -0.2) is 32.4 Å². The van der Waals surface area contributed by atoms with Crippen LogP contribution in [0.2, 0.25) is 0 Å². The number of primary amides is 1. The molecular formula is C13H25N2O2+. The van der Waals surface area contributed by atoms with Crippen molar-refractivity contribution in [3.05, 3.63) is 0 Å². The zero-order chi connectivity index (χ0) is 13.1. The normalized spacial score (nSPS) is 31.8. The molecule has 0 aromatic rings. The predicted molar refractivity (Wildman–Crippen MR) is 65.2 cm³/mol. The second kappa shape index (κ2) is 3.23. The molecule has 4 heteroatoms. The molecule has 0 spiro atoms. The molecule has 1 saturated heterocycles. The van der Waals surface area contributed by atoms with Crippen molar-refractivity contribution in [3.8, 4) is 0 Å². The molecule has 2 fully saturated rings. The summed E-state index contributed by atoms with van der Waals surface area (Å²) in [5, 5.41) is 11.3. The molecule has 0 aromatic heterocycles. The zero-order valence-corrected chi connectivity index (χ0v) is 11.4. The van der Waals surface area contributed by atoms with Crippen molar-refractivity contribution in [3.63, 3.8) is 0 Å². The molecule has 2 aliphatic rings. The van der Waals surface area contributed by atoms with Crippen molar-refractivity contribution in [2.45, 2.75) is 76.4 Å². The van der Waals surface area contributed by atoms with Gasteiger partial charge in [-0.15, -0.1) is 0 Å². The highest BCUT2D eigenvalue weighted by molar-refractivity contribution is 5.86. The smallest absolute Gasteiger partial charge is 0.282 e. The van der Waals surface area contributed by atoms with Crippen molar-refractivity contribution in [2.75, 3.05) is 0 Å². The van der Waals surface area contributed by atoms with Gasteiger partial charge in [0.05, 0.1) is 0 Å². The highest BCUT2D eigenvalue weighted by atomic mass is 16.6. The van der Waals surface area contributed by atoms with E-state index < -0.39 is 5.54 Å². The third-order valence-corrected chi connectivity index (χ3v) is 5.13. The maximum Gasteiger partial charge on any atom is 0.282 e. The van der Waals surface area contributed by atoms with E-state index in [2.05, 4.69) is 27.7 Å². The first-order valence-corrected chi connectivity index (χ1v) is 6.53. The lowest BCUT2D eigenvalue weighted by molar-refractivity contribution is -1.19. The predicted octanol–water partition coefficient (Wildman–Crippen LogP) is 1.95. The number of hydrogen-bond donors (Lipinski definition) is 2. The molecule has 1 amide bonds. The molecule has 2 rings (SSSR count). The Labute approximate surface area is 103 Å². The van der Waals surface area contributed by atoms with Crippen molar-refractivity contribution in [1.29, 1.82) is 0 Å². The Morgan fingerprint density at radius 1 is 1.06 bits per heavy atom. The molecule has 0 atom stereocenters. The SMILES string of the molecule is CC1(C)CCCC(C)(C)[N+]1(O)C1(C(N)=O)CC1. The van der Waals surface area contributed by atoms with E-state index in [1.165, 1.54) is 0 Å². The van der Waals surface area contributed by atoms with Crippen LogP contribution >= 0.6 is 0 Å². The monoisotopic (exact) mass is 241 g/mol. The second-order valence-electron chi connectivity index (χ2n) is 7.01. The van der Waals surface area contributed by atoms with Crippen LogP contribution in [-0.2, 0) is 4.79 Å². The number of amides is 1. The number of hydrogen-bond acceptors (Lipinski definition) is 2. The largest absolute Gasteiger partial charge is 0.364 e. The molecule has 17 heavy (non-hydrogen) atoms. The van der Waals surface area contributed by atoms with E-state index in [0.29, 0.717) is 12.8 Å². The van der Waals surface area contributed by atoms with Crippen molar-refractivity contribution in [1.82, 2.24) is 0 Å². The van der Waals surface area contributed by atoms with Gasteiger partial charge in [-0.3, -0.25) is 4.79 Å². The Kier molecular flexibility index (Phi) is 2.44. The quantitative estimate of drug-likeness (QED) is 0.726. The number of quaternary nitrogens is 1. The van der Waals surface area contributed by atoms with Crippen LogP contribution in [0.15, 0.2) is 0 Å². The maximum atomic E-state index is 11.8. The van der Waals surface area contributed by atoms with Crippen molar-refractivity contribution in [2.24, 2.45) is 5.73 Å². The fourth-order valence-electron chi connectivity index (χ4n) is 4.10. The number of nitrogens with two attached hydrogens (primary N) is 1. The minimum Gasteiger partial charge on any atom is -0.364 e. The molecule has 0 aromatic carbocycles. The first-order chi connectivity index (χ1) is 7.61. The molecule has 0 radical (unpaired) electrons. The van der Waals surface area contributed by atoms with Crippen LogP contribution in [0.1, 0.15) is 59.8 Å². The summed E-state index contributed by atoms with van der Waals surface area (Å²) in [5.74, 6) is -0.344. The summed E-state index contributed by atoms with van der Waals surface area (Å²) < 4.78 is -0.178. The van der Waals surface area contributed by atoms with E-state index >= 15 is 0 Å². The van der Waals surface area contributed by atoms with Gasteiger partial charge in [0.15, 0.2) is 0 Å². The van der Waals surface area contributed by atoms with Crippen molar-refractivity contribution < 1.29 is 14.6 Å². The van der Waals surface area contributed by atoms with E-state index in [1.54, 1.807) is 0 Å². The topological polar surface area (TPSA) is 63.3 Å². The van der Waals surface area contributed by atoms with Gasteiger partial charge in [-0.05, 0) is 34.1 Å². The van der Waals surface area contributed by atoms with E-state index in [1.807, 2.05) is 0 Å². The van der Waals surface area contributed by atoms with E-state index in [-0.39, 0.29) is 21.6 Å². The van der Waals surface area contributed by atoms with Crippen molar-refractivity contribution >= 4 is 5.91 Å².